The van der Waals surface area contributed by atoms with Gasteiger partial charge in [-0.3, -0.25) is 9.00 Å². The molecule has 4 aliphatic rings. The number of ether oxygens (including phenoxy) is 3. The molecule has 1 atom stereocenters. The average Bonchev–Trinajstić information content (AvgIpc) is 1.64. The number of alkyl halides is 6. The number of alkyl carbamates (subject to hydrolysis) is 2. The fourth-order valence-electron chi connectivity index (χ4n) is 11.4. The molecular formula is C80H94ClF6K2N6O14S2-. The Labute approximate surface area is 739 Å². The average molecular weight is 1660 g/mol. The molecule has 20 nitrogen and oxygen atoms in total. The fraction of sp³-hybridized carbons (Fsp3) is 0.375. The second-order valence-corrected chi connectivity index (χ2v) is 29.7. The van der Waals surface area contributed by atoms with Crippen molar-refractivity contribution < 1.29 is 196 Å². The van der Waals surface area contributed by atoms with Gasteiger partial charge in [0.1, 0.15) is 19.8 Å². The van der Waals surface area contributed by atoms with Crippen molar-refractivity contribution in [3.05, 3.63) is 222 Å². The zero-order chi connectivity index (χ0) is 81.1. The summed E-state index contributed by atoms with van der Waals surface area (Å²) in [4.78, 5) is 45.0. The van der Waals surface area contributed by atoms with E-state index in [0.717, 1.165) is 127 Å². The molecule has 2 aromatic heterocycles. The molecule has 0 saturated carbocycles. The van der Waals surface area contributed by atoms with Crippen molar-refractivity contribution in [3.63, 3.8) is 0 Å². The molecule has 0 aliphatic heterocycles. The number of sulfonamides is 1. The number of nitrogens with one attached hydrogen (secondary N) is 1. The van der Waals surface area contributed by atoms with Gasteiger partial charge in [0.05, 0.1) is 34.3 Å². The predicted octanol–water partition coefficient (Wildman–Crippen LogP) is 12.8. The molecule has 10 rings (SSSR count). The van der Waals surface area contributed by atoms with Gasteiger partial charge < -0.3 is 35.4 Å². The molecule has 0 radical (unpaired) electrons. The van der Waals surface area contributed by atoms with Crippen LogP contribution < -0.4 is 118 Å². The van der Waals surface area contributed by atoms with Crippen molar-refractivity contribution in [1.82, 2.24) is 24.9 Å². The molecule has 4 aliphatic carbocycles. The van der Waals surface area contributed by atoms with Crippen LogP contribution in [0.4, 0.5) is 40.7 Å². The van der Waals surface area contributed by atoms with Crippen LogP contribution in [0.3, 0.4) is 0 Å². The van der Waals surface area contributed by atoms with Crippen LogP contribution in [0.5, 0.6) is 0 Å². The Morgan fingerprint density at radius 2 is 0.892 bits per heavy atom. The van der Waals surface area contributed by atoms with Crippen LogP contribution >= 0.6 is 11.6 Å². The molecule has 1 unspecified atom stereocenters. The normalized spacial score (nSPS) is 14.2. The number of nitrogens with two attached hydrogens (primary N) is 1. The van der Waals surface area contributed by atoms with Gasteiger partial charge in [0, 0.05) is 27.6 Å². The first-order valence-corrected chi connectivity index (χ1v) is 37.6. The Balaban J connectivity index is 0.000000481. The van der Waals surface area contributed by atoms with Crippen molar-refractivity contribution in [1.29, 1.82) is 0 Å². The third-order valence-corrected chi connectivity index (χ3v) is 19.7. The summed E-state index contributed by atoms with van der Waals surface area (Å²) in [5.41, 5.74) is 19.1. The van der Waals surface area contributed by atoms with Crippen LogP contribution in [0, 0.1) is 27.7 Å². The summed E-state index contributed by atoms with van der Waals surface area (Å²) in [5.74, 6) is 0. The molecule has 0 fully saturated rings. The van der Waals surface area contributed by atoms with Crippen molar-refractivity contribution in [2.75, 3.05) is 26.4 Å². The van der Waals surface area contributed by atoms with Crippen LogP contribution in [-0.2, 0) is 57.3 Å². The van der Waals surface area contributed by atoms with Gasteiger partial charge in [-0.05, 0) is 277 Å². The third-order valence-electron chi connectivity index (χ3n) is 18.0. The number of hydrogen-bond acceptors (Lipinski definition) is 16. The zero-order valence-corrected chi connectivity index (χ0v) is 73.7. The quantitative estimate of drug-likeness (QED) is 0.0105. The summed E-state index contributed by atoms with van der Waals surface area (Å²) in [6, 6.07) is 23.6. The number of aliphatic hydroxyl groups is 1. The molecule has 4 N–H and O–H groups in total. The van der Waals surface area contributed by atoms with Gasteiger partial charge in [0.2, 0.25) is 10.0 Å². The second-order valence-electron chi connectivity index (χ2n) is 26.9. The molecule has 2 amide bonds. The molecule has 4 aromatic carbocycles. The van der Waals surface area contributed by atoms with Crippen LogP contribution in [0.2, 0.25) is 0 Å². The topological polar surface area (TPSA) is 296 Å². The van der Waals surface area contributed by atoms with Gasteiger partial charge >= 0.3 is 133 Å². The summed E-state index contributed by atoms with van der Waals surface area (Å²) in [5, 5.41) is 31.9. The van der Waals surface area contributed by atoms with E-state index >= 15 is 0 Å². The number of allylic oxidation sites excluding steroid dienone is 12. The number of hydrogen-bond donors (Lipinski definition) is 3. The molecule has 31 heteroatoms. The molecule has 2 heterocycles. The monoisotopic (exact) mass is 1650 g/mol. The molecule has 592 valence electrons. The van der Waals surface area contributed by atoms with Gasteiger partial charge in [-0.15, -0.1) is 0 Å². The molecule has 6 aromatic rings. The fourth-order valence-corrected chi connectivity index (χ4v) is 12.4. The predicted molar refractivity (Wildman–Crippen MR) is 405 cm³/mol. The number of halogens is 7. The van der Waals surface area contributed by atoms with Gasteiger partial charge in [-0.2, -0.15) is 36.5 Å². The van der Waals surface area contributed by atoms with E-state index in [1.807, 2.05) is 45.0 Å². The molecular weight excluding hydrogens is 1560 g/mol. The zero-order valence-electron chi connectivity index (χ0n) is 66.0. The van der Waals surface area contributed by atoms with Crippen molar-refractivity contribution in [2.24, 2.45) is 5.14 Å². The van der Waals surface area contributed by atoms with E-state index in [1.165, 1.54) is 103 Å². The molecule has 0 spiro atoms. The Hall–Kier alpha value is -6.02. The number of benzene rings is 4. The SMILES string of the molecule is CC(C)=C1CC=C(CO)CC1.CC(C)=C1CC=C(COC(=O)Cl)CC1.CC(C)=C1CC=C(COC(=O)NC(=O)OCC2=CCC(=C(C)C)CC2)CC1.Cc1ccc(C)c(-c2cc(C(F)(F)F)nn2-c2ccc(S(=O)[O-])cc2)c1.Cc1ccc(C)c(-c2cc(C(F)(F)F)nn2-c2ccc(S(N)(=O)=O)cc2)c1.O=CO[O-].[H-].[K+].[K+]. The Morgan fingerprint density at radius 1 is 0.568 bits per heavy atom. The summed E-state index contributed by atoms with van der Waals surface area (Å²) >= 11 is 2.67. The first-order chi connectivity index (χ1) is 51.2. The number of aromatic nitrogens is 4. The molecule has 0 saturated heterocycles. The number of amides is 2. The number of aryl methyl sites for hydroxylation is 4. The molecule has 0 bridgehead atoms. The van der Waals surface area contributed by atoms with E-state index in [0.29, 0.717) is 23.4 Å². The van der Waals surface area contributed by atoms with E-state index in [4.69, 9.17) is 46.1 Å². The van der Waals surface area contributed by atoms with E-state index in [2.05, 4.69) is 100 Å². The number of carbonyl (C=O) groups is 4. The first-order valence-electron chi connectivity index (χ1n) is 34.6. The minimum absolute atomic E-state index is 0. The number of imide groups is 1. The van der Waals surface area contributed by atoms with E-state index in [-0.39, 0.29) is 157 Å². The number of rotatable bonds is 14. The number of carbonyl (C=O) groups excluding carboxylic acids is 4. The van der Waals surface area contributed by atoms with Crippen LogP contribution in [0.1, 0.15) is 168 Å². The third kappa shape index (κ3) is 33.4. The summed E-state index contributed by atoms with van der Waals surface area (Å²) in [6.45, 7) is 25.2. The van der Waals surface area contributed by atoms with E-state index < -0.39 is 62.5 Å². The summed E-state index contributed by atoms with van der Waals surface area (Å²) < 4.78 is 141. The van der Waals surface area contributed by atoms with Crippen molar-refractivity contribution in [3.8, 4) is 33.9 Å². The maximum atomic E-state index is 13.2. The second kappa shape index (κ2) is 47.7. The van der Waals surface area contributed by atoms with E-state index in [9.17, 15) is 57.9 Å². The van der Waals surface area contributed by atoms with Gasteiger partial charge in [-0.1, -0.05) is 104 Å². The Morgan fingerprint density at radius 3 is 1.16 bits per heavy atom. The number of primary sulfonamides is 1. The standard InChI is InChI=1S/C22H31NO4.C18H16F3N3O2S.C18H15F3N2O2S.C11H15ClO2.C10H16O.CH2O3.2K.H/c1-15(2)19-9-5-17(6-10-19)13-26-21(24)23-22(25)27-14-18-7-11-20(12-8-18)16(3)4;1-11-3-4-12(2)15(9-11)16-10-17(18(19,20)21)23-24(16)13-5-7-14(8-6-13)27(22,25)26;1-11-3-4-12(2)15(9-11)16-10-17(18(19,20)21)22-23(16)13-5-7-14(8-6-13)26(24)25;1-8(2)10-5-3-9(4-6-10)7-14-11(12)13;1-8(2)10-5-3-9(7-11)4-6-10;2-1-4-3;;;/h5,7H,6,8-14H2,1-4H3,(H,23,24,25);3-10H,1-2H3,(H2,22,25,26);3-10H,1-2H3,(H,24,25);3H,4-7H2,1-2H3;3,11H,4-7H2,1-2H3;1,3H;;;/q;;;;;;2*+1;-1/p-2. The van der Waals surface area contributed by atoms with Gasteiger partial charge in [-0.25, -0.2) is 42.6 Å². The summed E-state index contributed by atoms with van der Waals surface area (Å²) in [7, 11) is -3.90. The van der Waals surface area contributed by atoms with E-state index in [1.54, 1.807) is 24.6 Å². The summed E-state index contributed by atoms with van der Waals surface area (Å²) in [6.07, 6.45) is 9.67. The largest absolute Gasteiger partial charge is 1.00 e. The van der Waals surface area contributed by atoms with Crippen molar-refractivity contribution >= 4 is 56.8 Å². The van der Waals surface area contributed by atoms with Crippen molar-refractivity contribution in [2.45, 2.75) is 182 Å². The Bertz CT molecular complexity index is 4550. The van der Waals surface area contributed by atoms with Gasteiger partial charge in [0.15, 0.2) is 11.4 Å². The maximum absolute atomic E-state index is 13.2. The van der Waals surface area contributed by atoms with Gasteiger partial charge in [0.25, 0.3) is 6.47 Å². The van der Waals surface area contributed by atoms with Crippen LogP contribution in [0.15, 0.2) is 198 Å². The van der Waals surface area contributed by atoms with Crippen LogP contribution in [0.25, 0.3) is 33.9 Å². The molecule has 111 heavy (non-hydrogen) atoms. The van der Waals surface area contributed by atoms with Crippen LogP contribution in [-0.4, -0.2) is 92.4 Å². The Kier molecular flexibility index (Phi) is 42.7. The first kappa shape index (κ1) is 99.2. The smallest absolute Gasteiger partial charge is 1.00 e. The minimum Gasteiger partial charge on any atom is -1.00 e. The maximum Gasteiger partial charge on any atom is 1.00 e. The minimum atomic E-state index is -4.61. The number of aliphatic hydroxyl groups excluding tert-OH is 1. The number of nitrogens with zero attached hydrogens (tertiary/aromatic N) is 4.